The number of ether oxygens (including phenoxy) is 2. The number of aliphatic carboxylic acids is 1. The molecule has 152 valence electrons. The van der Waals surface area contributed by atoms with Crippen LogP contribution in [0, 0.1) is 5.92 Å². The zero-order valence-electron chi connectivity index (χ0n) is 15.9. The van der Waals surface area contributed by atoms with E-state index in [9.17, 15) is 19.5 Å². The highest BCUT2D eigenvalue weighted by Gasteiger charge is 2.40. The van der Waals surface area contributed by atoms with Gasteiger partial charge in [0.25, 0.3) is 11.8 Å². The minimum Gasteiger partial charge on any atom is -0.493 e. The predicted octanol–water partition coefficient (Wildman–Crippen LogP) is 1.50. The molecule has 1 aliphatic heterocycles. The molecule has 2 unspecified atom stereocenters. The number of hydrogen-bond acceptors (Lipinski definition) is 5. The molecule has 3 rings (SSSR count). The van der Waals surface area contributed by atoms with E-state index >= 15 is 0 Å². The van der Waals surface area contributed by atoms with Crippen LogP contribution in [-0.2, 0) is 9.59 Å². The van der Waals surface area contributed by atoms with E-state index in [0.717, 1.165) is 5.56 Å². The van der Waals surface area contributed by atoms with Crippen molar-refractivity contribution in [2.75, 3.05) is 26.8 Å². The Bertz CT molecular complexity index is 915. The first-order chi connectivity index (χ1) is 13.9. The standard InChI is InChI=1S/C21H22N2O6/c1-28-18-9-14(7-8-17(18)29-12-19(22)24)20(25)23-10-15(16(11-23)21(26)27)13-5-3-2-4-6-13/h2-9,15-16H,10-12H2,1H3,(H2,22,24)(H,26,27). The van der Waals surface area contributed by atoms with Gasteiger partial charge >= 0.3 is 5.97 Å². The first kappa shape index (κ1) is 20.2. The summed E-state index contributed by atoms with van der Waals surface area (Å²) in [7, 11) is 1.42. The van der Waals surface area contributed by atoms with Crippen molar-refractivity contribution >= 4 is 17.8 Å². The third-order valence-corrected chi connectivity index (χ3v) is 4.93. The molecule has 0 bridgehead atoms. The van der Waals surface area contributed by atoms with Gasteiger partial charge in [0, 0.05) is 24.6 Å². The number of nitrogens with zero attached hydrogens (tertiary/aromatic N) is 1. The Hall–Kier alpha value is -3.55. The van der Waals surface area contributed by atoms with Crippen LogP contribution in [-0.4, -0.2) is 54.6 Å². The molecule has 8 heteroatoms. The van der Waals surface area contributed by atoms with Gasteiger partial charge in [0.1, 0.15) is 0 Å². The van der Waals surface area contributed by atoms with E-state index in [1.54, 1.807) is 6.07 Å². The van der Waals surface area contributed by atoms with Crippen LogP contribution in [0.2, 0.25) is 0 Å². The summed E-state index contributed by atoms with van der Waals surface area (Å²) in [5.74, 6) is -2.24. The molecule has 2 aromatic carbocycles. The Labute approximate surface area is 167 Å². The number of primary amides is 1. The van der Waals surface area contributed by atoms with Gasteiger partial charge in [0.15, 0.2) is 18.1 Å². The van der Waals surface area contributed by atoms with E-state index in [1.807, 2.05) is 30.3 Å². The summed E-state index contributed by atoms with van der Waals surface area (Å²) in [5.41, 5.74) is 6.31. The van der Waals surface area contributed by atoms with E-state index in [-0.39, 0.29) is 36.5 Å². The summed E-state index contributed by atoms with van der Waals surface area (Å²) in [4.78, 5) is 37.2. The highest BCUT2D eigenvalue weighted by atomic mass is 16.5. The third kappa shape index (κ3) is 4.48. The van der Waals surface area contributed by atoms with Crippen molar-refractivity contribution < 1.29 is 29.0 Å². The highest BCUT2D eigenvalue weighted by molar-refractivity contribution is 5.95. The molecule has 2 aromatic rings. The Morgan fingerprint density at radius 1 is 1.10 bits per heavy atom. The molecule has 1 heterocycles. The molecule has 0 radical (unpaired) electrons. The smallest absolute Gasteiger partial charge is 0.308 e. The fourth-order valence-electron chi connectivity index (χ4n) is 3.51. The Balaban J connectivity index is 1.81. The van der Waals surface area contributed by atoms with Gasteiger partial charge in [-0.15, -0.1) is 0 Å². The van der Waals surface area contributed by atoms with Crippen molar-refractivity contribution in [1.82, 2.24) is 4.90 Å². The molecule has 29 heavy (non-hydrogen) atoms. The van der Waals surface area contributed by atoms with Gasteiger partial charge in [-0.25, -0.2) is 0 Å². The number of rotatable bonds is 7. The van der Waals surface area contributed by atoms with Gasteiger partial charge in [-0.05, 0) is 23.8 Å². The number of nitrogens with two attached hydrogens (primary N) is 1. The van der Waals surface area contributed by atoms with Crippen LogP contribution in [0.3, 0.4) is 0 Å². The SMILES string of the molecule is COc1cc(C(=O)N2CC(C(=O)O)C(c3ccccc3)C2)ccc1OCC(N)=O. The van der Waals surface area contributed by atoms with Gasteiger partial charge in [-0.3, -0.25) is 14.4 Å². The quantitative estimate of drug-likeness (QED) is 0.729. The van der Waals surface area contributed by atoms with Crippen molar-refractivity contribution in [2.24, 2.45) is 11.7 Å². The number of amides is 2. The summed E-state index contributed by atoms with van der Waals surface area (Å²) in [6, 6.07) is 13.9. The number of carboxylic acids is 1. The van der Waals surface area contributed by atoms with Crippen LogP contribution in [0.5, 0.6) is 11.5 Å². The van der Waals surface area contributed by atoms with E-state index in [4.69, 9.17) is 15.2 Å². The summed E-state index contributed by atoms with van der Waals surface area (Å²) < 4.78 is 10.5. The minimum absolute atomic E-state index is 0.121. The molecule has 1 aliphatic rings. The summed E-state index contributed by atoms with van der Waals surface area (Å²) in [6.45, 7) is 0.118. The number of carbonyl (C=O) groups excluding carboxylic acids is 2. The summed E-state index contributed by atoms with van der Waals surface area (Å²) in [6.07, 6.45) is 0. The second-order valence-corrected chi connectivity index (χ2v) is 6.79. The maximum Gasteiger partial charge on any atom is 0.308 e. The average Bonchev–Trinajstić information content (AvgIpc) is 3.18. The maximum atomic E-state index is 13.0. The van der Waals surface area contributed by atoms with Crippen molar-refractivity contribution in [1.29, 1.82) is 0 Å². The molecular weight excluding hydrogens is 376 g/mol. The fraction of sp³-hybridized carbons (Fsp3) is 0.286. The molecule has 0 aromatic heterocycles. The van der Waals surface area contributed by atoms with Crippen LogP contribution in [0.1, 0.15) is 21.8 Å². The van der Waals surface area contributed by atoms with Gasteiger partial charge < -0.3 is 25.2 Å². The van der Waals surface area contributed by atoms with Crippen molar-refractivity contribution in [3.05, 3.63) is 59.7 Å². The van der Waals surface area contributed by atoms with E-state index in [1.165, 1.54) is 24.1 Å². The minimum atomic E-state index is -0.929. The topological polar surface area (TPSA) is 119 Å². The first-order valence-corrected chi connectivity index (χ1v) is 9.07. The molecule has 0 spiro atoms. The average molecular weight is 398 g/mol. The van der Waals surface area contributed by atoms with Crippen molar-refractivity contribution in [3.8, 4) is 11.5 Å². The molecule has 8 nitrogen and oxygen atoms in total. The molecule has 0 aliphatic carbocycles. The lowest BCUT2D eigenvalue weighted by molar-refractivity contribution is -0.141. The summed E-state index contributed by atoms with van der Waals surface area (Å²) >= 11 is 0. The molecule has 1 fully saturated rings. The molecule has 2 amide bonds. The summed E-state index contributed by atoms with van der Waals surface area (Å²) in [5, 5.41) is 9.63. The highest BCUT2D eigenvalue weighted by Crippen LogP contribution is 2.35. The normalized spacial score (nSPS) is 18.3. The largest absolute Gasteiger partial charge is 0.493 e. The fourth-order valence-corrected chi connectivity index (χ4v) is 3.51. The van der Waals surface area contributed by atoms with Crippen molar-refractivity contribution in [3.63, 3.8) is 0 Å². The van der Waals surface area contributed by atoms with Crippen molar-refractivity contribution in [2.45, 2.75) is 5.92 Å². The Kier molecular flexibility index (Phi) is 6.01. The zero-order chi connectivity index (χ0) is 21.0. The monoisotopic (exact) mass is 398 g/mol. The second-order valence-electron chi connectivity index (χ2n) is 6.79. The molecule has 2 atom stereocenters. The number of likely N-dealkylation sites (tertiary alicyclic amines) is 1. The molecule has 0 saturated carbocycles. The first-order valence-electron chi connectivity index (χ1n) is 9.07. The van der Waals surface area contributed by atoms with Crippen LogP contribution >= 0.6 is 0 Å². The van der Waals surface area contributed by atoms with Gasteiger partial charge in [0.05, 0.1) is 13.0 Å². The van der Waals surface area contributed by atoms with Crippen LogP contribution in [0.4, 0.5) is 0 Å². The van der Waals surface area contributed by atoms with E-state index < -0.39 is 17.8 Å². The lowest BCUT2D eigenvalue weighted by atomic mass is 9.89. The van der Waals surface area contributed by atoms with Crippen LogP contribution < -0.4 is 15.2 Å². The maximum absolute atomic E-state index is 13.0. The number of carbonyl (C=O) groups is 3. The zero-order valence-corrected chi connectivity index (χ0v) is 15.9. The van der Waals surface area contributed by atoms with Gasteiger partial charge in [-0.2, -0.15) is 0 Å². The number of carboxylic acid groups (broad SMARTS) is 1. The van der Waals surface area contributed by atoms with Crippen LogP contribution in [0.15, 0.2) is 48.5 Å². The number of hydrogen-bond donors (Lipinski definition) is 2. The molecular formula is C21H22N2O6. The Morgan fingerprint density at radius 3 is 2.45 bits per heavy atom. The third-order valence-electron chi connectivity index (χ3n) is 4.93. The number of methoxy groups -OCH3 is 1. The Morgan fingerprint density at radius 2 is 1.83 bits per heavy atom. The van der Waals surface area contributed by atoms with Gasteiger partial charge in [-0.1, -0.05) is 30.3 Å². The lowest BCUT2D eigenvalue weighted by Crippen LogP contribution is -2.30. The van der Waals surface area contributed by atoms with E-state index in [2.05, 4.69) is 0 Å². The molecule has 3 N–H and O–H groups in total. The van der Waals surface area contributed by atoms with Crippen LogP contribution in [0.25, 0.3) is 0 Å². The lowest BCUT2D eigenvalue weighted by Gasteiger charge is -2.18. The second kappa shape index (κ2) is 8.64. The van der Waals surface area contributed by atoms with Gasteiger partial charge in [0.2, 0.25) is 0 Å². The predicted molar refractivity (Wildman–Crippen MR) is 104 cm³/mol. The van der Waals surface area contributed by atoms with E-state index in [0.29, 0.717) is 12.1 Å². The number of benzene rings is 2. The molecule has 1 saturated heterocycles.